The van der Waals surface area contributed by atoms with Crippen LogP contribution in [0.3, 0.4) is 0 Å². The van der Waals surface area contributed by atoms with Crippen molar-refractivity contribution >= 4 is 50.2 Å². The van der Waals surface area contributed by atoms with Gasteiger partial charge < -0.3 is 19.7 Å². The lowest BCUT2D eigenvalue weighted by Gasteiger charge is -2.23. The van der Waals surface area contributed by atoms with Crippen LogP contribution in [0.4, 0.5) is 10.2 Å². The van der Waals surface area contributed by atoms with E-state index in [2.05, 4.69) is 41.3 Å². The zero-order valence-electron chi connectivity index (χ0n) is 26.8. The van der Waals surface area contributed by atoms with Gasteiger partial charge in [-0.2, -0.15) is 5.10 Å². The quantitative estimate of drug-likeness (QED) is 0.102. The van der Waals surface area contributed by atoms with Crippen LogP contribution in [-0.4, -0.2) is 79.2 Å². The van der Waals surface area contributed by atoms with E-state index in [1.807, 2.05) is 30.3 Å². The Labute approximate surface area is 289 Å². The molecule has 252 valence electrons. The number of fused-ring (bicyclic) bond motifs is 1. The fourth-order valence-electron chi connectivity index (χ4n) is 5.65. The SMILES string of the molecule is CC(=O)c1nn(CC(=O)N2C[C@H](F)C[C@H]2C(=O)Nc2cccc(Br)n2)c2cc(OCCOCc3ccccc3)c(-c3cnc(C)nc3)cc12. The lowest BCUT2D eigenvalue weighted by atomic mass is 10.0. The van der Waals surface area contributed by atoms with E-state index < -0.39 is 24.0 Å². The number of amides is 2. The molecule has 49 heavy (non-hydrogen) atoms. The maximum atomic E-state index is 14.7. The molecule has 1 aliphatic rings. The van der Waals surface area contributed by atoms with Gasteiger partial charge in [0.2, 0.25) is 11.8 Å². The molecule has 0 unspecified atom stereocenters. The first-order chi connectivity index (χ1) is 23.7. The standard InChI is InChI=1S/C35H33BrFN7O5/c1-21(45)34-27-14-26(24-16-38-22(2)39-17-24)30(49-12-11-48-20-23-7-4-3-5-8-23)15-28(27)44(42-34)19-33(46)43-18-25(37)13-29(43)35(47)41-32-10-6-9-31(36)40-32/h3-10,14-17,25,29H,11-13,18-20H2,1-2H3,(H,40,41,47)/t25-,29+/m1/s1. The number of benzene rings is 2. The lowest BCUT2D eigenvalue weighted by Crippen LogP contribution is -2.44. The van der Waals surface area contributed by atoms with Crippen molar-refractivity contribution < 1.29 is 28.2 Å². The third-order valence-electron chi connectivity index (χ3n) is 8.00. The summed E-state index contributed by atoms with van der Waals surface area (Å²) < 4.78 is 28.6. The third-order valence-corrected chi connectivity index (χ3v) is 8.44. The van der Waals surface area contributed by atoms with E-state index in [1.54, 1.807) is 49.6 Å². The molecule has 0 bridgehead atoms. The topological polar surface area (TPSA) is 141 Å². The number of pyridine rings is 1. The number of anilines is 1. The number of Topliss-reactive ketones (excluding diaryl/α,β-unsaturated/α-hetero) is 1. The van der Waals surface area contributed by atoms with Crippen molar-refractivity contribution in [2.75, 3.05) is 25.1 Å². The fourth-order valence-corrected chi connectivity index (χ4v) is 5.99. The summed E-state index contributed by atoms with van der Waals surface area (Å²) in [5.41, 5.74) is 2.92. The van der Waals surface area contributed by atoms with Gasteiger partial charge in [-0.25, -0.2) is 19.3 Å². The van der Waals surface area contributed by atoms with Crippen molar-refractivity contribution in [1.29, 1.82) is 0 Å². The van der Waals surface area contributed by atoms with Gasteiger partial charge in [-0.1, -0.05) is 36.4 Å². The number of hydrogen-bond donors (Lipinski definition) is 1. The highest BCUT2D eigenvalue weighted by molar-refractivity contribution is 9.10. The molecule has 6 rings (SSSR count). The molecule has 2 aromatic carbocycles. The Bertz CT molecular complexity index is 1990. The number of halogens is 2. The van der Waals surface area contributed by atoms with Gasteiger partial charge in [0.05, 0.1) is 25.3 Å². The van der Waals surface area contributed by atoms with Crippen LogP contribution in [0.15, 0.2) is 77.7 Å². The molecule has 4 heterocycles. The van der Waals surface area contributed by atoms with Crippen LogP contribution in [-0.2, 0) is 27.5 Å². The molecule has 0 spiro atoms. The molecule has 12 nitrogen and oxygen atoms in total. The number of hydrogen-bond acceptors (Lipinski definition) is 9. The maximum absolute atomic E-state index is 14.7. The number of nitrogens with zero attached hydrogens (tertiary/aromatic N) is 6. The molecular weight excluding hydrogens is 697 g/mol. The van der Waals surface area contributed by atoms with Crippen molar-refractivity contribution in [3.8, 4) is 16.9 Å². The van der Waals surface area contributed by atoms with Gasteiger partial charge in [-0.05, 0) is 46.6 Å². The Balaban J connectivity index is 1.27. The van der Waals surface area contributed by atoms with E-state index in [0.29, 0.717) is 51.4 Å². The van der Waals surface area contributed by atoms with Crippen LogP contribution in [0, 0.1) is 6.92 Å². The van der Waals surface area contributed by atoms with Crippen molar-refractivity contribution in [3.05, 3.63) is 94.7 Å². The first-order valence-electron chi connectivity index (χ1n) is 15.6. The summed E-state index contributed by atoms with van der Waals surface area (Å²) in [6.07, 6.45) is 1.79. The highest BCUT2D eigenvalue weighted by atomic mass is 79.9. The second kappa shape index (κ2) is 15.0. The second-order valence-electron chi connectivity index (χ2n) is 11.6. The van der Waals surface area contributed by atoms with Crippen molar-refractivity contribution in [3.63, 3.8) is 0 Å². The van der Waals surface area contributed by atoms with Gasteiger partial charge in [0.1, 0.15) is 53.1 Å². The van der Waals surface area contributed by atoms with Gasteiger partial charge in [-0.15, -0.1) is 0 Å². The van der Waals surface area contributed by atoms with Crippen molar-refractivity contribution in [2.24, 2.45) is 0 Å². The minimum absolute atomic E-state index is 0.148. The molecule has 14 heteroatoms. The largest absolute Gasteiger partial charge is 0.490 e. The summed E-state index contributed by atoms with van der Waals surface area (Å²) in [6, 6.07) is 17.2. The molecular formula is C35H33BrFN7O5. The highest BCUT2D eigenvalue weighted by Gasteiger charge is 2.40. The van der Waals surface area contributed by atoms with E-state index >= 15 is 0 Å². The summed E-state index contributed by atoms with van der Waals surface area (Å²) in [4.78, 5) is 53.7. The molecule has 2 atom stereocenters. The van der Waals surface area contributed by atoms with Gasteiger partial charge in [-0.3, -0.25) is 19.1 Å². The van der Waals surface area contributed by atoms with E-state index in [1.165, 1.54) is 16.5 Å². The van der Waals surface area contributed by atoms with Crippen LogP contribution in [0.25, 0.3) is 22.0 Å². The van der Waals surface area contributed by atoms with Crippen LogP contribution in [0.2, 0.25) is 0 Å². The lowest BCUT2D eigenvalue weighted by molar-refractivity contribution is -0.137. The predicted molar refractivity (Wildman–Crippen MR) is 183 cm³/mol. The Kier molecular flexibility index (Phi) is 10.3. The normalized spacial score (nSPS) is 15.8. The molecule has 1 fully saturated rings. The predicted octanol–water partition coefficient (Wildman–Crippen LogP) is 5.34. The van der Waals surface area contributed by atoms with Gasteiger partial charge in [0.15, 0.2) is 5.78 Å². The van der Waals surface area contributed by atoms with E-state index in [4.69, 9.17) is 9.47 Å². The third kappa shape index (κ3) is 7.98. The number of aromatic nitrogens is 5. The van der Waals surface area contributed by atoms with Crippen molar-refractivity contribution in [1.82, 2.24) is 29.6 Å². The number of alkyl halides is 1. The molecule has 1 saturated heterocycles. The van der Waals surface area contributed by atoms with E-state index in [9.17, 15) is 18.8 Å². The van der Waals surface area contributed by atoms with Gasteiger partial charge in [0.25, 0.3) is 0 Å². The number of likely N-dealkylation sites (tertiary alicyclic amines) is 1. The van der Waals surface area contributed by atoms with Crippen LogP contribution in [0.5, 0.6) is 5.75 Å². The van der Waals surface area contributed by atoms with Crippen molar-refractivity contribution in [2.45, 2.75) is 45.6 Å². The van der Waals surface area contributed by atoms with Gasteiger partial charge >= 0.3 is 0 Å². The minimum atomic E-state index is -1.39. The molecule has 0 saturated carbocycles. The number of rotatable bonds is 12. The summed E-state index contributed by atoms with van der Waals surface area (Å²) in [7, 11) is 0. The average Bonchev–Trinajstić information content (AvgIpc) is 3.65. The van der Waals surface area contributed by atoms with E-state index in [-0.39, 0.29) is 43.4 Å². The number of aryl methyl sites for hydroxylation is 1. The Hall–Kier alpha value is -5.08. The number of ether oxygens (including phenoxy) is 2. The highest BCUT2D eigenvalue weighted by Crippen LogP contribution is 2.36. The summed E-state index contributed by atoms with van der Waals surface area (Å²) in [5.74, 6) is -0.0933. The summed E-state index contributed by atoms with van der Waals surface area (Å²) >= 11 is 3.26. The number of carbonyl (C=O) groups is 3. The van der Waals surface area contributed by atoms with Gasteiger partial charge in [0, 0.05) is 48.3 Å². The molecule has 1 aliphatic heterocycles. The minimum Gasteiger partial charge on any atom is -0.490 e. The first-order valence-corrected chi connectivity index (χ1v) is 16.4. The molecule has 0 aliphatic carbocycles. The first kappa shape index (κ1) is 33.8. The Morgan fingerprint density at radius 1 is 1.04 bits per heavy atom. The smallest absolute Gasteiger partial charge is 0.248 e. The molecule has 5 aromatic rings. The number of nitrogens with one attached hydrogen (secondary N) is 1. The average molecular weight is 731 g/mol. The maximum Gasteiger partial charge on any atom is 0.248 e. The zero-order valence-corrected chi connectivity index (χ0v) is 28.4. The van der Waals surface area contributed by atoms with Crippen LogP contribution >= 0.6 is 15.9 Å². The Morgan fingerprint density at radius 3 is 2.55 bits per heavy atom. The molecule has 2 amide bonds. The fraction of sp³-hybridized carbons (Fsp3) is 0.286. The van der Waals surface area contributed by atoms with Crippen LogP contribution in [0.1, 0.15) is 35.2 Å². The number of carbonyl (C=O) groups excluding carboxylic acids is 3. The molecule has 1 N–H and O–H groups in total. The second-order valence-corrected chi connectivity index (χ2v) is 12.4. The summed E-state index contributed by atoms with van der Waals surface area (Å²) in [6.45, 7) is 3.50. The van der Waals surface area contributed by atoms with Crippen LogP contribution < -0.4 is 10.1 Å². The zero-order chi connectivity index (χ0) is 34.5. The Morgan fingerprint density at radius 2 is 1.82 bits per heavy atom. The van der Waals surface area contributed by atoms with E-state index in [0.717, 1.165) is 5.56 Å². The monoisotopic (exact) mass is 729 g/mol. The summed E-state index contributed by atoms with van der Waals surface area (Å²) in [5, 5.41) is 7.66. The number of ketones is 1. The molecule has 0 radical (unpaired) electrons. The molecule has 3 aromatic heterocycles.